The number of para-hydroxylation sites is 1. The maximum Gasteiger partial charge on any atom is 0.127 e. The number of benzene rings is 1. The van der Waals surface area contributed by atoms with Crippen LogP contribution in [0.15, 0.2) is 18.2 Å². The molecule has 5 heteroatoms. The number of hydrogen-bond acceptors (Lipinski definition) is 2. The molecule has 1 aromatic carbocycles. The minimum Gasteiger partial charge on any atom is -0.326 e. The first-order valence-corrected chi connectivity index (χ1v) is 8.35. The average molecular weight is 326 g/mol. The third-order valence-corrected chi connectivity index (χ3v) is 4.89. The summed E-state index contributed by atoms with van der Waals surface area (Å²) in [4.78, 5) is 7.07. The van der Waals surface area contributed by atoms with Crippen molar-refractivity contribution in [3.8, 4) is 0 Å². The summed E-state index contributed by atoms with van der Waals surface area (Å²) in [5.41, 5.74) is 1.97. The highest BCUT2D eigenvalue weighted by molar-refractivity contribution is 6.35. The predicted molar refractivity (Wildman–Crippen MR) is 89.2 cm³/mol. The van der Waals surface area contributed by atoms with E-state index in [4.69, 9.17) is 23.2 Å². The zero-order valence-electron chi connectivity index (χ0n) is 12.5. The van der Waals surface area contributed by atoms with Crippen LogP contribution in [0.3, 0.4) is 0 Å². The normalized spacial score (nSPS) is 19.2. The first kappa shape index (κ1) is 15.1. The van der Waals surface area contributed by atoms with Gasteiger partial charge in [-0.15, -0.1) is 11.6 Å². The lowest BCUT2D eigenvalue weighted by molar-refractivity contribution is 0.205. The molecule has 2 heterocycles. The fourth-order valence-electron chi connectivity index (χ4n) is 3.13. The molecule has 1 fully saturated rings. The van der Waals surface area contributed by atoms with Gasteiger partial charge in [-0.2, -0.15) is 0 Å². The van der Waals surface area contributed by atoms with Crippen LogP contribution in [0, 0.1) is 5.92 Å². The summed E-state index contributed by atoms with van der Waals surface area (Å²) in [6, 6.07) is 5.96. The number of nitrogens with zero attached hydrogens (tertiary/aromatic N) is 3. The summed E-state index contributed by atoms with van der Waals surface area (Å²) in [7, 11) is 2.19. The van der Waals surface area contributed by atoms with Gasteiger partial charge in [0.05, 0.1) is 15.9 Å². The van der Waals surface area contributed by atoms with Crippen LogP contribution in [-0.4, -0.2) is 34.6 Å². The van der Waals surface area contributed by atoms with Crippen LogP contribution in [0.1, 0.15) is 31.0 Å². The molecule has 0 amide bonds. The van der Waals surface area contributed by atoms with Gasteiger partial charge in [-0.1, -0.05) is 17.7 Å². The second-order valence-electron chi connectivity index (χ2n) is 6.05. The second kappa shape index (κ2) is 6.15. The summed E-state index contributed by atoms with van der Waals surface area (Å²) in [6.07, 6.45) is 2.46. The van der Waals surface area contributed by atoms with Crippen molar-refractivity contribution in [2.45, 2.75) is 31.7 Å². The number of hydrogen-bond donors (Lipinski definition) is 0. The Kier molecular flexibility index (Phi) is 4.43. The van der Waals surface area contributed by atoms with Crippen molar-refractivity contribution in [3.05, 3.63) is 29.0 Å². The Morgan fingerprint density at radius 2 is 2.05 bits per heavy atom. The average Bonchev–Trinajstić information content (AvgIpc) is 2.82. The molecule has 114 valence electrons. The molecule has 0 N–H and O–H groups in total. The number of halogens is 2. The molecule has 0 saturated carbocycles. The Hall–Kier alpha value is -0.770. The molecule has 1 aliphatic rings. The molecule has 1 unspecified atom stereocenters. The minimum atomic E-state index is -0.111. The van der Waals surface area contributed by atoms with Gasteiger partial charge in [-0.3, -0.25) is 0 Å². The van der Waals surface area contributed by atoms with Crippen molar-refractivity contribution in [1.29, 1.82) is 0 Å². The van der Waals surface area contributed by atoms with E-state index in [2.05, 4.69) is 27.6 Å². The van der Waals surface area contributed by atoms with E-state index in [0.29, 0.717) is 10.9 Å². The molecule has 1 atom stereocenters. The molecule has 0 radical (unpaired) electrons. The van der Waals surface area contributed by atoms with Crippen molar-refractivity contribution in [3.63, 3.8) is 0 Å². The van der Waals surface area contributed by atoms with Gasteiger partial charge in [0.1, 0.15) is 11.3 Å². The van der Waals surface area contributed by atoms with Crippen molar-refractivity contribution in [2.24, 2.45) is 5.92 Å². The first-order valence-electron chi connectivity index (χ1n) is 7.53. The monoisotopic (exact) mass is 325 g/mol. The van der Waals surface area contributed by atoms with E-state index < -0.39 is 0 Å². The summed E-state index contributed by atoms with van der Waals surface area (Å²) < 4.78 is 2.27. The van der Waals surface area contributed by atoms with Gasteiger partial charge in [-0.05, 0) is 58.0 Å². The van der Waals surface area contributed by atoms with Gasteiger partial charge >= 0.3 is 0 Å². The topological polar surface area (TPSA) is 21.1 Å². The van der Waals surface area contributed by atoms with E-state index in [1.165, 1.54) is 25.9 Å². The number of fused-ring (bicyclic) bond motifs is 1. The number of rotatable bonds is 3. The van der Waals surface area contributed by atoms with Crippen LogP contribution in [-0.2, 0) is 6.54 Å². The highest BCUT2D eigenvalue weighted by atomic mass is 35.5. The summed E-state index contributed by atoms with van der Waals surface area (Å²) in [6.45, 7) is 5.30. The Balaban J connectivity index is 1.96. The van der Waals surface area contributed by atoms with Gasteiger partial charge in [0.25, 0.3) is 0 Å². The quantitative estimate of drug-likeness (QED) is 0.783. The molecule has 1 aromatic heterocycles. The number of piperidine rings is 1. The zero-order chi connectivity index (χ0) is 15.0. The largest absolute Gasteiger partial charge is 0.326 e. The molecule has 0 bridgehead atoms. The van der Waals surface area contributed by atoms with Crippen LogP contribution in [0.25, 0.3) is 11.0 Å². The number of likely N-dealkylation sites (tertiary alicyclic amines) is 1. The highest BCUT2D eigenvalue weighted by Crippen LogP contribution is 2.30. The third-order valence-electron chi connectivity index (χ3n) is 4.39. The standard InChI is InChI=1S/C16H21Cl2N3/c1-11(17)16-19-15-13(18)4-3-5-14(15)21(16)10-12-6-8-20(2)9-7-12/h3-5,11-12H,6-10H2,1-2H3. The van der Waals surface area contributed by atoms with Crippen LogP contribution in [0.5, 0.6) is 0 Å². The predicted octanol–water partition coefficient (Wildman–Crippen LogP) is 4.33. The SMILES string of the molecule is CC(Cl)c1nc2c(Cl)cccc2n1CC1CCN(C)CC1. The van der Waals surface area contributed by atoms with Gasteiger partial charge < -0.3 is 9.47 Å². The Bertz CT molecular complexity index is 628. The zero-order valence-corrected chi connectivity index (χ0v) is 14.0. The van der Waals surface area contributed by atoms with Crippen molar-refractivity contribution in [1.82, 2.24) is 14.5 Å². The van der Waals surface area contributed by atoms with Crippen molar-refractivity contribution >= 4 is 34.2 Å². The summed E-state index contributed by atoms with van der Waals surface area (Å²) >= 11 is 12.6. The fourth-order valence-corrected chi connectivity index (χ4v) is 3.51. The Morgan fingerprint density at radius 3 is 2.71 bits per heavy atom. The molecule has 0 aliphatic carbocycles. The molecule has 2 aromatic rings. The fraction of sp³-hybridized carbons (Fsp3) is 0.562. The van der Waals surface area contributed by atoms with Crippen molar-refractivity contribution in [2.75, 3.05) is 20.1 Å². The van der Waals surface area contributed by atoms with Crippen LogP contribution < -0.4 is 0 Å². The maximum atomic E-state index is 6.34. The molecule has 3 nitrogen and oxygen atoms in total. The third kappa shape index (κ3) is 3.05. The van der Waals surface area contributed by atoms with E-state index >= 15 is 0 Å². The first-order chi connectivity index (χ1) is 10.1. The highest BCUT2D eigenvalue weighted by Gasteiger charge is 2.22. The minimum absolute atomic E-state index is 0.111. The second-order valence-corrected chi connectivity index (χ2v) is 7.11. The van der Waals surface area contributed by atoms with E-state index in [-0.39, 0.29) is 5.38 Å². The van der Waals surface area contributed by atoms with Crippen molar-refractivity contribution < 1.29 is 0 Å². The van der Waals surface area contributed by atoms with Crippen LogP contribution in [0.4, 0.5) is 0 Å². The number of imidazole rings is 1. The van der Waals surface area contributed by atoms with Crippen LogP contribution in [0.2, 0.25) is 5.02 Å². The number of alkyl halides is 1. The smallest absolute Gasteiger partial charge is 0.127 e. The lowest BCUT2D eigenvalue weighted by Crippen LogP contribution is -2.32. The lowest BCUT2D eigenvalue weighted by Gasteiger charge is -2.29. The molecule has 1 aliphatic heterocycles. The lowest BCUT2D eigenvalue weighted by atomic mass is 9.97. The van der Waals surface area contributed by atoms with E-state index in [0.717, 1.165) is 23.4 Å². The molecule has 21 heavy (non-hydrogen) atoms. The van der Waals surface area contributed by atoms with Gasteiger partial charge in [0.15, 0.2) is 0 Å². The number of aromatic nitrogens is 2. The van der Waals surface area contributed by atoms with Gasteiger partial charge in [0.2, 0.25) is 0 Å². The van der Waals surface area contributed by atoms with Gasteiger partial charge in [0, 0.05) is 6.54 Å². The van der Waals surface area contributed by atoms with E-state index in [9.17, 15) is 0 Å². The summed E-state index contributed by atoms with van der Waals surface area (Å²) in [5, 5.41) is 0.591. The molecular formula is C16H21Cl2N3. The molecule has 1 saturated heterocycles. The van der Waals surface area contributed by atoms with E-state index in [1.54, 1.807) is 0 Å². The Labute approximate surface area is 135 Å². The molecule has 0 spiro atoms. The van der Waals surface area contributed by atoms with Gasteiger partial charge in [-0.25, -0.2) is 4.98 Å². The summed E-state index contributed by atoms with van der Waals surface area (Å²) in [5.74, 6) is 1.62. The van der Waals surface area contributed by atoms with E-state index in [1.807, 2.05) is 19.1 Å². The maximum absolute atomic E-state index is 6.34. The molecule has 3 rings (SSSR count). The molecular weight excluding hydrogens is 305 g/mol. The van der Waals surface area contributed by atoms with Crippen LogP contribution >= 0.6 is 23.2 Å². The Morgan fingerprint density at radius 1 is 1.33 bits per heavy atom.